The van der Waals surface area contributed by atoms with Crippen molar-refractivity contribution in [3.8, 4) is 0 Å². The maximum atomic E-state index is 6.07. The molecule has 0 aliphatic carbocycles. The van der Waals surface area contributed by atoms with Gasteiger partial charge < -0.3 is 10.5 Å². The van der Waals surface area contributed by atoms with Crippen molar-refractivity contribution in [3.63, 3.8) is 0 Å². The predicted molar refractivity (Wildman–Crippen MR) is 66.3 cm³/mol. The van der Waals surface area contributed by atoms with Crippen molar-refractivity contribution in [2.45, 2.75) is 65.5 Å². The number of nitrogens with zero attached hydrogens (tertiary/aromatic N) is 1. The summed E-state index contributed by atoms with van der Waals surface area (Å²) in [6.07, 6.45) is 1.73. The fourth-order valence-electron chi connectivity index (χ4n) is 1.63. The number of amidine groups is 1. The van der Waals surface area contributed by atoms with Gasteiger partial charge in [-0.3, -0.25) is 4.99 Å². The van der Waals surface area contributed by atoms with E-state index in [2.05, 4.69) is 18.8 Å². The largest absolute Gasteiger partial charge is 0.385 e. The van der Waals surface area contributed by atoms with Crippen molar-refractivity contribution >= 4 is 5.84 Å². The number of ether oxygens (including phenoxy) is 1. The molecule has 0 atom stereocenters. The summed E-state index contributed by atoms with van der Waals surface area (Å²) in [5, 5.41) is 0. The normalized spacial score (nSPS) is 14.4. The van der Waals surface area contributed by atoms with Crippen LogP contribution in [0.1, 0.15) is 54.4 Å². The Labute approximate surface area is 94.1 Å². The summed E-state index contributed by atoms with van der Waals surface area (Å²) in [5.74, 6) is 0.627. The first-order valence-electron chi connectivity index (χ1n) is 5.81. The molecule has 0 rings (SSSR count). The lowest BCUT2D eigenvalue weighted by Gasteiger charge is -2.32. The Morgan fingerprint density at radius 2 is 1.60 bits per heavy atom. The first-order valence-corrected chi connectivity index (χ1v) is 5.81. The zero-order chi connectivity index (χ0) is 12.1. The minimum absolute atomic E-state index is 0.142. The maximum absolute atomic E-state index is 6.07. The summed E-state index contributed by atoms with van der Waals surface area (Å²) < 4.78 is 5.78. The van der Waals surface area contributed by atoms with Crippen molar-refractivity contribution < 1.29 is 4.74 Å². The highest BCUT2D eigenvalue weighted by molar-refractivity contribution is 5.89. The van der Waals surface area contributed by atoms with Gasteiger partial charge in [0.2, 0.25) is 0 Å². The molecule has 0 radical (unpaired) electrons. The predicted octanol–water partition coefficient (Wildman–Crippen LogP) is 2.74. The molecule has 0 heterocycles. The minimum Gasteiger partial charge on any atom is -0.385 e. The van der Waals surface area contributed by atoms with Gasteiger partial charge >= 0.3 is 0 Å². The molecule has 0 aromatic rings. The van der Waals surface area contributed by atoms with Crippen LogP contribution < -0.4 is 5.73 Å². The van der Waals surface area contributed by atoms with Gasteiger partial charge in [0.05, 0.1) is 5.54 Å². The minimum atomic E-state index is -0.373. The highest BCUT2D eigenvalue weighted by Crippen LogP contribution is 2.22. The van der Waals surface area contributed by atoms with E-state index in [9.17, 15) is 0 Å². The Morgan fingerprint density at radius 1 is 1.13 bits per heavy atom. The summed E-state index contributed by atoms with van der Waals surface area (Å²) in [6, 6.07) is 0. The number of rotatable bonds is 5. The summed E-state index contributed by atoms with van der Waals surface area (Å²) in [5.41, 5.74) is 5.56. The maximum Gasteiger partial charge on any atom is 0.127 e. The molecule has 0 saturated heterocycles. The molecule has 3 nitrogen and oxygen atoms in total. The van der Waals surface area contributed by atoms with Crippen LogP contribution in [0.25, 0.3) is 0 Å². The molecular weight excluding hydrogens is 188 g/mol. The Hall–Kier alpha value is -0.570. The van der Waals surface area contributed by atoms with Crippen LogP contribution in [0, 0.1) is 0 Å². The third-order valence-electron chi connectivity index (χ3n) is 2.49. The van der Waals surface area contributed by atoms with E-state index in [1.165, 1.54) is 0 Å². The van der Waals surface area contributed by atoms with Crippen LogP contribution >= 0.6 is 0 Å². The van der Waals surface area contributed by atoms with Gasteiger partial charge in [-0.05, 0) is 40.5 Å². The molecule has 90 valence electrons. The Morgan fingerprint density at radius 3 is 1.87 bits per heavy atom. The Balaban J connectivity index is 4.99. The Bertz CT molecular complexity index is 212. The number of nitrogens with two attached hydrogens (primary N) is 1. The van der Waals surface area contributed by atoms with Gasteiger partial charge in [0.1, 0.15) is 11.4 Å². The summed E-state index contributed by atoms with van der Waals surface area (Å²) in [6.45, 7) is 13.0. The summed E-state index contributed by atoms with van der Waals surface area (Å²) in [4.78, 5) is 4.51. The monoisotopic (exact) mass is 214 g/mol. The van der Waals surface area contributed by atoms with E-state index in [1.54, 1.807) is 0 Å². The molecule has 3 heteroatoms. The van der Waals surface area contributed by atoms with E-state index in [-0.39, 0.29) is 11.1 Å². The van der Waals surface area contributed by atoms with Crippen molar-refractivity contribution in [2.75, 3.05) is 6.61 Å². The van der Waals surface area contributed by atoms with Gasteiger partial charge in [-0.15, -0.1) is 0 Å². The molecule has 2 N–H and O–H groups in total. The second-order valence-corrected chi connectivity index (χ2v) is 4.80. The molecular formula is C12H26N2O. The lowest BCUT2D eigenvalue weighted by Crippen LogP contribution is -2.46. The van der Waals surface area contributed by atoms with Crippen molar-refractivity contribution in [1.29, 1.82) is 0 Å². The molecule has 0 aliphatic rings. The average molecular weight is 214 g/mol. The number of aliphatic imine (C=N–C) groups is 1. The fourth-order valence-corrected chi connectivity index (χ4v) is 1.63. The van der Waals surface area contributed by atoms with E-state index in [0.29, 0.717) is 12.4 Å². The second kappa shape index (κ2) is 5.50. The third kappa shape index (κ3) is 4.20. The van der Waals surface area contributed by atoms with Gasteiger partial charge in [-0.25, -0.2) is 0 Å². The van der Waals surface area contributed by atoms with Crippen LogP contribution in [0.5, 0.6) is 0 Å². The van der Waals surface area contributed by atoms with E-state index in [4.69, 9.17) is 10.5 Å². The smallest absolute Gasteiger partial charge is 0.127 e. The van der Waals surface area contributed by atoms with Crippen molar-refractivity contribution in [1.82, 2.24) is 0 Å². The van der Waals surface area contributed by atoms with Crippen LogP contribution in [0.3, 0.4) is 0 Å². The SMILES string of the molecule is CCOC(CC)(CC)C(N)=NC(C)(C)C. The molecule has 0 amide bonds. The van der Waals surface area contributed by atoms with E-state index < -0.39 is 0 Å². The zero-order valence-electron chi connectivity index (χ0n) is 11.1. The second-order valence-electron chi connectivity index (χ2n) is 4.80. The van der Waals surface area contributed by atoms with Gasteiger partial charge in [0.15, 0.2) is 0 Å². The fraction of sp³-hybridized carbons (Fsp3) is 0.917. The zero-order valence-corrected chi connectivity index (χ0v) is 11.1. The summed E-state index contributed by atoms with van der Waals surface area (Å²) >= 11 is 0. The van der Waals surface area contributed by atoms with Gasteiger partial charge in [-0.1, -0.05) is 13.8 Å². The van der Waals surface area contributed by atoms with Crippen LogP contribution in [0.2, 0.25) is 0 Å². The molecule has 0 saturated carbocycles. The molecule has 15 heavy (non-hydrogen) atoms. The van der Waals surface area contributed by atoms with E-state index >= 15 is 0 Å². The topological polar surface area (TPSA) is 47.6 Å². The lowest BCUT2D eigenvalue weighted by molar-refractivity contribution is 0.00817. The molecule has 0 bridgehead atoms. The van der Waals surface area contributed by atoms with E-state index in [1.807, 2.05) is 27.7 Å². The van der Waals surface area contributed by atoms with Gasteiger partial charge in [-0.2, -0.15) is 0 Å². The van der Waals surface area contributed by atoms with Crippen LogP contribution in [-0.4, -0.2) is 23.6 Å². The molecule has 0 unspecified atom stereocenters. The third-order valence-corrected chi connectivity index (χ3v) is 2.49. The highest BCUT2D eigenvalue weighted by Gasteiger charge is 2.32. The standard InChI is InChI=1S/C12H26N2O/c1-7-12(8-2,15-9-3)10(13)14-11(4,5)6/h7-9H2,1-6H3,(H2,13,14). The lowest BCUT2D eigenvalue weighted by atomic mass is 9.95. The molecule has 0 aliphatic heterocycles. The van der Waals surface area contributed by atoms with Crippen LogP contribution in [-0.2, 0) is 4.74 Å². The number of hydrogen-bond donors (Lipinski definition) is 1. The Kier molecular flexibility index (Phi) is 5.29. The van der Waals surface area contributed by atoms with Crippen molar-refractivity contribution in [3.05, 3.63) is 0 Å². The quantitative estimate of drug-likeness (QED) is 0.565. The van der Waals surface area contributed by atoms with Gasteiger partial charge in [0, 0.05) is 6.61 Å². The average Bonchev–Trinajstić information content (AvgIpc) is 2.11. The molecule has 0 aromatic carbocycles. The first kappa shape index (κ1) is 14.4. The number of hydrogen-bond acceptors (Lipinski definition) is 2. The molecule has 0 aromatic heterocycles. The van der Waals surface area contributed by atoms with E-state index in [0.717, 1.165) is 12.8 Å². The molecule has 0 spiro atoms. The van der Waals surface area contributed by atoms with Crippen molar-refractivity contribution in [2.24, 2.45) is 10.7 Å². The van der Waals surface area contributed by atoms with Gasteiger partial charge in [0.25, 0.3) is 0 Å². The van der Waals surface area contributed by atoms with Crippen LogP contribution in [0.4, 0.5) is 0 Å². The summed E-state index contributed by atoms with van der Waals surface area (Å²) in [7, 11) is 0. The highest BCUT2D eigenvalue weighted by atomic mass is 16.5. The first-order chi connectivity index (χ1) is 6.81. The molecule has 0 fully saturated rings. The van der Waals surface area contributed by atoms with Crippen LogP contribution in [0.15, 0.2) is 4.99 Å².